The number of methoxy groups -OCH3 is 1. The van der Waals surface area contributed by atoms with Crippen molar-refractivity contribution in [3.8, 4) is 11.5 Å². The van der Waals surface area contributed by atoms with Gasteiger partial charge in [0.15, 0.2) is 17.6 Å². The largest absolute Gasteiger partial charge is 0.493 e. The summed E-state index contributed by atoms with van der Waals surface area (Å²) in [6, 6.07) is 12.1. The number of benzene rings is 2. The van der Waals surface area contributed by atoms with Crippen molar-refractivity contribution in [2.24, 2.45) is 5.10 Å². The summed E-state index contributed by atoms with van der Waals surface area (Å²) in [5.41, 5.74) is 4.43. The van der Waals surface area contributed by atoms with Gasteiger partial charge in [-0.15, -0.1) is 0 Å². The molecule has 2 aromatic rings. The van der Waals surface area contributed by atoms with Crippen molar-refractivity contribution >= 4 is 18.1 Å². The molecule has 7 nitrogen and oxygen atoms in total. The molecule has 0 radical (unpaired) electrons. The fourth-order valence-corrected chi connectivity index (χ4v) is 2.08. The molecule has 2 rings (SSSR count). The molecule has 1 amide bonds. The number of carboxylic acids is 1. The zero-order chi connectivity index (χ0) is 19.1. The monoisotopic (exact) mass is 356 g/mol. The van der Waals surface area contributed by atoms with Crippen LogP contribution in [0.4, 0.5) is 0 Å². The number of carboxylic acid groups (broad SMARTS) is 1. The number of hydrogen-bond donors (Lipinski definition) is 2. The Balaban J connectivity index is 2.17. The Morgan fingerprint density at radius 3 is 2.50 bits per heavy atom. The van der Waals surface area contributed by atoms with Gasteiger partial charge in [-0.2, -0.15) is 5.10 Å². The highest BCUT2D eigenvalue weighted by Gasteiger charge is 2.18. The van der Waals surface area contributed by atoms with E-state index in [0.29, 0.717) is 16.9 Å². The van der Waals surface area contributed by atoms with Crippen LogP contribution in [0.5, 0.6) is 11.5 Å². The number of para-hydroxylation sites is 1. The van der Waals surface area contributed by atoms with Crippen LogP contribution < -0.4 is 14.9 Å². The van der Waals surface area contributed by atoms with E-state index < -0.39 is 12.1 Å². The van der Waals surface area contributed by atoms with Crippen LogP contribution >= 0.6 is 0 Å². The van der Waals surface area contributed by atoms with Gasteiger partial charge in [-0.1, -0.05) is 23.8 Å². The first-order chi connectivity index (χ1) is 12.4. The van der Waals surface area contributed by atoms with Crippen LogP contribution in [-0.4, -0.2) is 36.4 Å². The molecule has 0 heterocycles. The Hall–Kier alpha value is -3.35. The Kier molecular flexibility index (Phi) is 6.32. The van der Waals surface area contributed by atoms with E-state index in [1.807, 2.05) is 19.1 Å². The second-order valence-electron chi connectivity index (χ2n) is 5.54. The fraction of sp³-hybridized carbons (Fsp3) is 0.211. The number of carbonyl (C=O) groups is 2. The molecule has 1 atom stereocenters. The SMILES string of the molecule is COc1cccc(/C=N\NC(=O)c2ccc(C)cc2)c1O[C@H](C)C(=O)O. The summed E-state index contributed by atoms with van der Waals surface area (Å²) < 4.78 is 10.7. The van der Waals surface area contributed by atoms with Crippen LogP contribution in [0, 0.1) is 6.92 Å². The van der Waals surface area contributed by atoms with Gasteiger partial charge in [0.25, 0.3) is 5.91 Å². The highest BCUT2D eigenvalue weighted by molar-refractivity contribution is 5.95. The number of nitrogens with one attached hydrogen (secondary N) is 1. The maximum absolute atomic E-state index is 12.1. The molecule has 7 heteroatoms. The summed E-state index contributed by atoms with van der Waals surface area (Å²) in [4.78, 5) is 23.1. The van der Waals surface area contributed by atoms with Crippen molar-refractivity contribution in [2.45, 2.75) is 20.0 Å². The van der Waals surface area contributed by atoms with Crippen LogP contribution in [0.25, 0.3) is 0 Å². The number of rotatable bonds is 7. The lowest BCUT2D eigenvalue weighted by molar-refractivity contribution is -0.144. The Morgan fingerprint density at radius 2 is 1.88 bits per heavy atom. The molecular weight excluding hydrogens is 336 g/mol. The molecule has 0 bridgehead atoms. The summed E-state index contributed by atoms with van der Waals surface area (Å²) in [7, 11) is 1.45. The molecule has 136 valence electrons. The third kappa shape index (κ3) is 4.83. The van der Waals surface area contributed by atoms with Gasteiger partial charge in [0, 0.05) is 11.1 Å². The van der Waals surface area contributed by atoms with Crippen LogP contribution in [0.2, 0.25) is 0 Å². The predicted molar refractivity (Wildman–Crippen MR) is 97.0 cm³/mol. The van der Waals surface area contributed by atoms with Crippen LogP contribution in [0.3, 0.4) is 0 Å². The van der Waals surface area contributed by atoms with E-state index in [1.54, 1.807) is 30.3 Å². The van der Waals surface area contributed by atoms with Gasteiger partial charge in [-0.25, -0.2) is 10.2 Å². The number of hydrogen-bond acceptors (Lipinski definition) is 5. The van der Waals surface area contributed by atoms with Gasteiger partial charge < -0.3 is 14.6 Å². The molecule has 2 N–H and O–H groups in total. The fourth-order valence-electron chi connectivity index (χ4n) is 2.08. The minimum Gasteiger partial charge on any atom is -0.493 e. The minimum atomic E-state index is -1.11. The van der Waals surface area contributed by atoms with Crippen molar-refractivity contribution in [3.05, 3.63) is 59.2 Å². The van der Waals surface area contributed by atoms with E-state index in [4.69, 9.17) is 14.6 Å². The van der Waals surface area contributed by atoms with Crippen molar-refractivity contribution in [2.75, 3.05) is 7.11 Å². The lowest BCUT2D eigenvalue weighted by Crippen LogP contribution is -2.24. The molecule has 26 heavy (non-hydrogen) atoms. The van der Waals surface area contributed by atoms with Crippen molar-refractivity contribution in [1.29, 1.82) is 0 Å². The van der Waals surface area contributed by atoms with E-state index in [2.05, 4.69) is 10.5 Å². The lowest BCUT2D eigenvalue weighted by atomic mass is 10.1. The number of amides is 1. The van der Waals surface area contributed by atoms with Crippen molar-refractivity contribution in [3.63, 3.8) is 0 Å². The van der Waals surface area contributed by atoms with Crippen molar-refractivity contribution < 1.29 is 24.2 Å². The normalized spacial score (nSPS) is 11.8. The number of aryl methyl sites for hydroxylation is 1. The van der Waals surface area contributed by atoms with Crippen LogP contribution in [0.1, 0.15) is 28.4 Å². The van der Waals surface area contributed by atoms with Gasteiger partial charge in [0.1, 0.15) is 0 Å². The predicted octanol–water partition coefficient (Wildman–Crippen LogP) is 2.62. The zero-order valence-electron chi connectivity index (χ0n) is 14.7. The molecule has 0 spiro atoms. The second-order valence-corrected chi connectivity index (χ2v) is 5.54. The third-order valence-electron chi connectivity index (χ3n) is 3.56. The summed E-state index contributed by atoms with van der Waals surface area (Å²) >= 11 is 0. The Labute approximate surface area is 151 Å². The van der Waals surface area contributed by atoms with Crippen molar-refractivity contribution in [1.82, 2.24) is 5.43 Å². The third-order valence-corrected chi connectivity index (χ3v) is 3.56. The van der Waals surface area contributed by atoms with E-state index in [-0.39, 0.29) is 11.7 Å². The van der Waals surface area contributed by atoms with Gasteiger partial charge in [-0.3, -0.25) is 4.79 Å². The minimum absolute atomic E-state index is 0.234. The molecule has 0 aliphatic rings. The Morgan fingerprint density at radius 1 is 1.19 bits per heavy atom. The molecular formula is C19H20N2O5. The molecule has 0 saturated carbocycles. The molecule has 0 aromatic heterocycles. The van der Waals surface area contributed by atoms with E-state index in [9.17, 15) is 9.59 Å². The van der Waals surface area contributed by atoms with Gasteiger partial charge in [-0.05, 0) is 38.1 Å². The first-order valence-electron chi connectivity index (χ1n) is 7.89. The maximum atomic E-state index is 12.1. The maximum Gasteiger partial charge on any atom is 0.344 e. The number of hydrazone groups is 1. The molecule has 0 aliphatic carbocycles. The van der Waals surface area contributed by atoms with Gasteiger partial charge >= 0.3 is 5.97 Å². The van der Waals surface area contributed by atoms with E-state index in [0.717, 1.165) is 5.56 Å². The quantitative estimate of drug-likeness (QED) is 0.587. The average molecular weight is 356 g/mol. The average Bonchev–Trinajstić information content (AvgIpc) is 2.63. The molecule has 2 aromatic carbocycles. The summed E-state index contributed by atoms with van der Waals surface area (Å²) in [5.74, 6) is -0.859. The topological polar surface area (TPSA) is 97.2 Å². The first-order valence-corrected chi connectivity index (χ1v) is 7.89. The van der Waals surface area contributed by atoms with E-state index >= 15 is 0 Å². The highest BCUT2D eigenvalue weighted by Crippen LogP contribution is 2.31. The molecule has 0 fully saturated rings. The molecule has 0 aliphatic heterocycles. The summed E-state index contributed by atoms with van der Waals surface area (Å²) in [6.45, 7) is 3.34. The zero-order valence-corrected chi connectivity index (χ0v) is 14.7. The lowest BCUT2D eigenvalue weighted by Gasteiger charge is -2.15. The highest BCUT2D eigenvalue weighted by atomic mass is 16.5. The number of carbonyl (C=O) groups excluding carboxylic acids is 1. The van der Waals surface area contributed by atoms with E-state index in [1.165, 1.54) is 20.2 Å². The van der Waals surface area contributed by atoms with Crippen LogP contribution in [0.15, 0.2) is 47.6 Å². The Bertz CT molecular complexity index is 815. The number of aliphatic carboxylic acids is 1. The number of nitrogens with zero attached hydrogens (tertiary/aromatic N) is 1. The van der Waals surface area contributed by atoms with Gasteiger partial charge in [0.2, 0.25) is 0 Å². The number of ether oxygens (including phenoxy) is 2. The molecule has 0 saturated heterocycles. The summed E-state index contributed by atoms with van der Waals surface area (Å²) in [5, 5.41) is 13.0. The van der Waals surface area contributed by atoms with Crippen LogP contribution in [-0.2, 0) is 4.79 Å². The summed E-state index contributed by atoms with van der Waals surface area (Å²) in [6.07, 6.45) is 0.305. The first kappa shape index (κ1) is 19.0. The smallest absolute Gasteiger partial charge is 0.344 e. The standard InChI is InChI=1S/C19H20N2O5/c1-12-7-9-14(10-8-12)18(22)21-20-11-15-5-4-6-16(25-3)17(15)26-13(2)19(23)24/h4-11,13H,1-3H3,(H,21,22)(H,23,24)/b20-11-/t13-/m1/s1. The molecule has 0 unspecified atom stereocenters. The second kappa shape index (κ2) is 8.66. The van der Waals surface area contributed by atoms with Gasteiger partial charge in [0.05, 0.1) is 13.3 Å².